The molecule has 1 amide bonds. The molecule has 0 aliphatic carbocycles. The molecule has 5 nitrogen and oxygen atoms in total. The molecular weight excluding hydrogens is 252 g/mol. The molecule has 0 aliphatic heterocycles. The van der Waals surface area contributed by atoms with Gasteiger partial charge in [-0.3, -0.25) is 4.79 Å². The summed E-state index contributed by atoms with van der Waals surface area (Å²) in [5, 5.41) is 2.70. The van der Waals surface area contributed by atoms with Crippen LogP contribution in [0.1, 0.15) is 21.7 Å². The Bertz CT molecular complexity index is 686. The molecule has 2 aromatic rings. The summed E-state index contributed by atoms with van der Waals surface area (Å²) in [4.78, 5) is 20.5. The van der Waals surface area contributed by atoms with Crippen LogP contribution in [0.25, 0.3) is 0 Å². The molecule has 20 heavy (non-hydrogen) atoms. The Morgan fingerprint density at radius 1 is 1.35 bits per heavy atom. The van der Waals surface area contributed by atoms with E-state index in [1.807, 2.05) is 19.1 Å². The minimum Gasteiger partial charge on any atom is -0.320 e. The number of carbonyl (C=O) groups excluding carboxylic acids is 1. The van der Waals surface area contributed by atoms with Gasteiger partial charge in [-0.2, -0.15) is 0 Å². The molecule has 0 aliphatic rings. The van der Waals surface area contributed by atoms with Gasteiger partial charge in [0.1, 0.15) is 11.5 Å². The Labute approximate surface area is 117 Å². The number of carbonyl (C=O) groups is 1. The van der Waals surface area contributed by atoms with Crippen molar-refractivity contribution in [2.45, 2.75) is 6.92 Å². The first-order chi connectivity index (χ1) is 9.70. The van der Waals surface area contributed by atoms with Crippen molar-refractivity contribution >= 4 is 11.7 Å². The van der Waals surface area contributed by atoms with Crippen LogP contribution in [0.15, 0.2) is 36.5 Å². The summed E-state index contributed by atoms with van der Waals surface area (Å²) in [7, 11) is 0. The van der Waals surface area contributed by atoms with Crippen LogP contribution in [0.5, 0.6) is 0 Å². The molecular formula is C15H14N4O. The van der Waals surface area contributed by atoms with Gasteiger partial charge in [0.25, 0.3) is 5.91 Å². The van der Waals surface area contributed by atoms with Gasteiger partial charge in [-0.15, -0.1) is 0 Å². The number of rotatable bonds is 2. The molecule has 2 aromatic heterocycles. The van der Waals surface area contributed by atoms with Gasteiger partial charge in [0, 0.05) is 11.9 Å². The summed E-state index contributed by atoms with van der Waals surface area (Å²) >= 11 is 0. The number of anilines is 1. The highest BCUT2D eigenvalue weighted by Crippen LogP contribution is 2.09. The third kappa shape index (κ3) is 3.40. The monoisotopic (exact) mass is 266 g/mol. The molecule has 5 heteroatoms. The zero-order valence-corrected chi connectivity index (χ0v) is 11.1. The maximum absolute atomic E-state index is 12.2. The summed E-state index contributed by atoms with van der Waals surface area (Å²) in [6, 6.07) is 8.86. The van der Waals surface area contributed by atoms with Crippen LogP contribution >= 0.6 is 0 Å². The Morgan fingerprint density at radius 2 is 2.20 bits per heavy atom. The fraction of sp³-hybridized carbons (Fsp3) is 0.133. The normalized spacial score (nSPS) is 9.50. The fourth-order valence-electron chi connectivity index (χ4n) is 1.62. The topological polar surface area (TPSA) is 80.9 Å². The molecule has 0 spiro atoms. The van der Waals surface area contributed by atoms with Gasteiger partial charge in [0.15, 0.2) is 0 Å². The molecule has 0 fully saturated rings. The molecule has 0 bridgehead atoms. The average Bonchev–Trinajstić information content (AvgIpc) is 2.45. The predicted octanol–water partition coefficient (Wildman–Crippen LogP) is 1.35. The summed E-state index contributed by atoms with van der Waals surface area (Å²) < 4.78 is 0. The van der Waals surface area contributed by atoms with Crippen molar-refractivity contribution in [3.63, 3.8) is 0 Å². The van der Waals surface area contributed by atoms with E-state index < -0.39 is 0 Å². The zero-order valence-electron chi connectivity index (χ0n) is 11.1. The standard InChI is InChI=1S/C15H14N4O/c1-11-5-2-8-13(18-11)19-15(20)14-12(6-3-9-16)7-4-10-17-14/h2,4-5,7-8,10H,9,16H2,1H3,(H,18,19,20). The van der Waals surface area contributed by atoms with Gasteiger partial charge in [-0.05, 0) is 31.2 Å². The third-order valence-electron chi connectivity index (χ3n) is 2.48. The molecule has 0 saturated heterocycles. The summed E-state index contributed by atoms with van der Waals surface area (Å²) in [6.07, 6.45) is 1.55. The summed E-state index contributed by atoms with van der Waals surface area (Å²) in [5.74, 6) is 5.69. The van der Waals surface area contributed by atoms with Gasteiger partial charge < -0.3 is 11.1 Å². The maximum Gasteiger partial charge on any atom is 0.276 e. The van der Waals surface area contributed by atoms with E-state index in [9.17, 15) is 4.79 Å². The van der Waals surface area contributed by atoms with E-state index in [1.165, 1.54) is 0 Å². The van der Waals surface area contributed by atoms with Gasteiger partial charge in [-0.25, -0.2) is 9.97 Å². The lowest BCUT2D eigenvalue weighted by molar-refractivity contribution is 0.102. The molecule has 2 rings (SSSR count). The van der Waals surface area contributed by atoms with Gasteiger partial charge in [-0.1, -0.05) is 17.9 Å². The largest absolute Gasteiger partial charge is 0.320 e. The predicted molar refractivity (Wildman–Crippen MR) is 77.1 cm³/mol. The van der Waals surface area contributed by atoms with Gasteiger partial charge >= 0.3 is 0 Å². The second kappa shape index (κ2) is 6.45. The van der Waals surface area contributed by atoms with Crippen molar-refractivity contribution < 1.29 is 4.79 Å². The van der Waals surface area contributed by atoms with Crippen molar-refractivity contribution in [3.8, 4) is 11.8 Å². The van der Waals surface area contributed by atoms with Crippen molar-refractivity contribution in [1.29, 1.82) is 0 Å². The van der Waals surface area contributed by atoms with Crippen LogP contribution in [0.3, 0.4) is 0 Å². The van der Waals surface area contributed by atoms with E-state index in [2.05, 4.69) is 27.1 Å². The number of hydrogen-bond donors (Lipinski definition) is 2. The minimum atomic E-state index is -0.343. The summed E-state index contributed by atoms with van der Waals surface area (Å²) in [5.41, 5.74) is 6.97. The molecule has 0 atom stereocenters. The lowest BCUT2D eigenvalue weighted by atomic mass is 10.2. The third-order valence-corrected chi connectivity index (χ3v) is 2.48. The molecule has 100 valence electrons. The van der Waals surface area contributed by atoms with Crippen molar-refractivity contribution in [3.05, 3.63) is 53.5 Å². The van der Waals surface area contributed by atoms with Crippen LogP contribution in [-0.2, 0) is 0 Å². The smallest absolute Gasteiger partial charge is 0.276 e. The van der Waals surface area contributed by atoms with Crippen LogP contribution in [-0.4, -0.2) is 22.4 Å². The Hall–Kier alpha value is -2.71. The van der Waals surface area contributed by atoms with Crippen LogP contribution in [0, 0.1) is 18.8 Å². The number of hydrogen-bond acceptors (Lipinski definition) is 4. The molecule has 3 N–H and O–H groups in total. The van der Waals surface area contributed by atoms with Crippen molar-refractivity contribution in [1.82, 2.24) is 9.97 Å². The van der Waals surface area contributed by atoms with Gasteiger partial charge in [0.05, 0.1) is 12.1 Å². The highest BCUT2D eigenvalue weighted by molar-refractivity contribution is 6.04. The minimum absolute atomic E-state index is 0.232. The second-order valence-corrected chi connectivity index (χ2v) is 4.02. The highest BCUT2D eigenvalue weighted by atomic mass is 16.1. The van der Waals surface area contributed by atoms with Crippen LogP contribution in [0.2, 0.25) is 0 Å². The van der Waals surface area contributed by atoms with E-state index in [1.54, 1.807) is 24.4 Å². The van der Waals surface area contributed by atoms with Crippen molar-refractivity contribution in [2.24, 2.45) is 5.73 Å². The first-order valence-electron chi connectivity index (χ1n) is 6.09. The van der Waals surface area contributed by atoms with E-state index >= 15 is 0 Å². The van der Waals surface area contributed by atoms with Crippen molar-refractivity contribution in [2.75, 3.05) is 11.9 Å². The Morgan fingerprint density at radius 3 is 2.95 bits per heavy atom. The number of amides is 1. The average molecular weight is 266 g/mol. The SMILES string of the molecule is Cc1cccc(NC(=O)c2ncccc2C#CCN)n1. The first kappa shape index (κ1) is 13.7. The lowest BCUT2D eigenvalue weighted by Gasteiger charge is -2.05. The second-order valence-electron chi connectivity index (χ2n) is 4.02. The Balaban J connectivity index is 2.25. The Kier molecular flexibility index (Phi) is 4.43. The van der Waals surface area contributed by atoms with E-state index in [0.717, 1.165) is 5.69 Å². The first-order valence-corrected chi connectivity index (χ1v) is 6.09. The zero-order chi connectivity index (χ0) is 14.4. The van der Waals surface area contributed by atoms with Crippen LogP contribution in [0.4, 0.5) is 5.82 Å². The number of aromatic nitrogens is 2. The van der Waals surface area contributed by atoms with E-state index in [0.29, 0.717) is 11.4 Å². The van der Waals surface area contributed by atoms with E-state index in [-0.39, 0.29) is 18.1 Å². The number of nitrogens with two attached hydrogens (primary N) is 1. The van der Waals surface area contributed by atoms with Gasteiger partial charge in [0.2, 0.25) is 0 Å². The molecule has 0 radical (unpaired) electrons. The highest BCUT2D eigenvalue weighted by Gasteiger charge is 2.12. The van der Waals surface area contributed by atoms with Crippen LogP contribution < -0.4 is 11.1 Å². The number of pyridine rings is 2. The number of nitrogens with one attached hydrogen (secondary N) is 1. The lowest BCUT2D eigenvalue weighted by Crippen LogP contribution is -2.16. The molecule has 0 saturated carbocycles. The number of nitrogens with zero attached hydrogens (tertiary/aromatic N) is 2. The number of aryl methyl sites for hydroxylation is 1. The molecule has 0 unspecified atom stereocenters. The quantitative estimate of drug-likeness (QED) is 0.804. The maximum atomic E-state index is 12.2. The summed E-state index contributed by atoms with van der Waals surface area (Å²) in [6.45, 7) is 2.09. The van der Waals surface area contributed by atoms with E-state index in [4.69, 9.17) is 5.73 Å². The molecule has 0 aromatic carbocycles. The fourth-order valence-corrected chi connectivity index (χ4v) is 1.62. The molecule has 2 heterocycles.